The van der Waals surface area contributed by atoms with Gasteiger partial charge in [0.2, 0.25) is 5.91 Å². The van der Waals surface area contributed by atoms with Gasteiger partial charge in [-0.15, -0.1) is 0 Å². The predicted octanol–water partition coefficient (Wildman–Crippen LogP) is 2.00. The molecule has 1 fully saturated rings. The first-order valence-electron chi connectivity index (χ1n) is 7.79. The van der Waals surface area contributed by atoms with Crippen LogP contribution >= 0.6 is 0 Å². The molecule has 1 aliphatic carbocycles. The Kier molecular flexibility index (Phi) is 7.59. The smallest absolute Gasteiger partial charge is 0.323 e. The van der Waals surface area contributed by atoms with E-state index in [0.29, 0.717) is 18.9 Å². The highest BCUT2D eigenvalue weighted by molar-refractivity contribution is 5.81. The maximum atomic E-state index is 12.3. The second kappa shape index (κ2) is 8.95. The van der Waals surface area contributed by atoms with E-state index >= 15 is 0 Å². The van der Waals surface area contributed by atoms with Gasteiger partial charge in [0.1, 0.15) is 6.54 Å². The van der Waals surface area contributed by atoms with Crippen molar-refractivity contribution in [1.29, 1.82) is 0 Å². The number of carbonyl (C=O) groups is 2. The Morgan fingerprint density at radius 1 is 1.30 bits per heavy atom. The lowest BCUT2D eigenvalue weighted by Crippen LogP contribution is -2.42. The molecule has 0 aromatic carbocycles. The van der Waals surface area contributed by atoms with E-state index in [2.05, 4.69) is 6.92 Å². The minimum absolute atomic E-state index is 0.00484. The van der Waals surface area contributed by atoms with Gasteiger partial charge in [0.15, 0.2) is 0 Å². The highest BCUT2D eigenvalue weighted by Crippen LogP contribution is 2.25. The van der Waals surface area contributed by atoms with Crippen LogP contribution in [0.1, 0.15) is 58.3 Å². The fraction of sp³-hybridized carbons (Fsp3) is 0.867. The lowest BCUT2D eigenvalue weighted by Gasteiger charge is -2.28. The molecule has 0 radical (unpaired) electrons. The molecular weight excluding hydrogens is 256 g/mol. The molecule has 0 heterocycles. The number of carbonyl (C=O) groups excluding carboxylic acids is 1. The summed E-state index contributed by atoms with van der Waals surface area (Å²) in [7, 11) is 0. The minimum Gasteiger partial charge on any atom is -0.480 e. The molecule has 1 rings (SSSR count). The average molecular weight is 284 g/mol. The van der Waals surface area contributed by atoms with Gasteiger partial charge in [-0.3, -0.25) is 9.59 Å². The van der Waals surface area contributed by atoms with Crippen molar-refractivity contribution in [2.45, 2.75) is 64.3 Å². The number of carboxylic acid groups (broad SMARTS) is 1. The third kappa shape index (κ3) is 5.49. The lowest BCUT2D eigenvalue weighted by molar-refractivity contribution is -0.146. The van der Waals surface area contributed by atoms with Crippen molar-refractivity contribution in [2.75, 3.05) is 13.1 Å². The zero-order valence-electron chi connectivity index (χ0n) is 12.5. The van der Waals surface area contributed by atoms with Gasteiger partial charge in [0.25, 0.3) is 0 Å². The molecule has 3 N–H and O–H groups in total. The number of hydrogen-bond donors (Lipinski definition) is 2. The van der Waals surface area contributed by atoms with Crippen LogP contribution in [-0.4, -0.2) is 41.0 Å². The zero-order valence-corrected chi connectivity index (χ0v) is 12.5. The van der Waals surface area contributed by atoms with Gasteiger partial charge in [0, 0.05) is 12.5 Å². The van der Waals surface area contributed by atoms with Crippen molar-refractivity contribution in [3.8, 4) is 0 Å². The van der Waals surface area contributed by atoms with Crippen LogP contribution in [0, 0.1) is 5.92 Å². The van der Waals surface area contributed by atoms with E-state index in [1.165, 1.54) is 0 Å². The van der Waals surface area contributed by atoms with Crippen LogP contribution in [0.5, 0.6) is 0 Å². The van der Waals surface area contributed by atoms with Crippen molar-refractivity contribution in [2.24, 2.45) is 11.7 Å². The Balaban J connectivity index is 2.51. The van der Waals surface area contributed by atoms with Crippen molar-refractivity contribution >= 4 is 11.9 Å². The number of nitrogens with two attached hydrogens (primary N) is 1. The number of nitrogens with zero attached hydrogens (tertiary/aromatic N) is 1. The van der Waals surface area contributed by atoms with Gasteiger partial charge >= 0.3 is 5.97 Å². The molecule has 0 spiro atoms. The summed E-state index contributed by atoms with van der Waals surface area (Å²) in [6.45, 7) is 2.60. The quantitative estimate of drug-likeness (QED) is 0.678. The van der Waals surface area contributed by atoms with Crippen molar-refractivity contribution in [1.82, 2.24) is 4.90 Å². The summed E-state index contributed by atoms with van der Waals surface area (Å²) in [5.74, 6) is -0.451. The number of carboxylic acids is 1. The Morgan fingerprint density at radius 2 is 1.95 bits per heavy atom. The standard InChI is InChI=1S/C15H28N2O3/c1-2-12(9-10-16)7-8-14(18)17(11-15(19)20)13-5-3-4-6-13/h12-13H,2-11,16H2,1H3,(H,19,20). The predicted molar refractivity (Wildman–Crippen MR) is 78.3 cm³/mol. The van der Waals surface area contributed by atoms with Gasteiger partial charge in [-0.2, -0.15) is 0 Å². The Morgan fingerprint density at radius 3 is 2.45 bits per heavy atom. The molecule has 0 saturated heterocycles. The van der Waals surface area contributed by atoms with E-state index in [1.807, 2.05) is 0 Å². The summed E-state index contributed by atoms with van der Waals surface area (Å²) in [4.78, 5) is 24.9. The van der Waals surface area contributed by atoms with Gasteiger partial charge in [-0.1, -0.05) is 26.2 Å². The summed E-state index contributed by atoms with van der Waals surface area (Å²) in [6, 6.07) is 0.133. The number of rotatable bonds is 9. The highest BCUT2D eigenvalue weighted by atomic mass is 16.4. The minimum atomic E-state index is -0.917. The maximum Gasteiger partial charge on any atom is 0.323 e. The fourth-order valence-corrected chi connectivity index (χ4v) is 3.04. The summed E-state index contributed by atoms with van der Waals surface area (Å²) >= 11 is 0. The molecule has 5 nitrogen and oxygen atoms in total. The summed E-state index contributed by atoms with van der Waals surface area (Å²) in [5.41, 5.74) is 5.56. The second-order valence-electron chi connectivity index (χ2n) is 5.74. The number of aliphatic carboxylic acids is 1. The van der Waals surface area contributed by atoms with E-state index in [0.717, 1.165) is 44.9 Å². The third-order valence-corrected chi connectivity index (χ3v) is 4.31. The van der Waals surface area contributed by atoms with Crippen LogP contribution in [-0.2, 0) is 9.59 Å². The Bertz CT molecular complexity index is 314. The highest BCUT2D eigenvalue weighted by Gasteiger charge is 2.28. The van der Waals surface area contributed by atoms with E-state index in [4.69, 9.17) is 10.8 Å². The molecule has 1 amide bonds. The summed E-state index contributed by atoms with van der Waals surface area (Å²) < 4.78 is 0. The Labute approximate surface area is 121 Å². The Hall–Kier alpha value is -1.10. The van der Waals surface area contributed by atoms with Crippen LogP contribution < -0.4 is 5.73 Å². The van der Waals surface area contributed by atoms with Crippen molar-refractivity contribution < 1.29 is 14.7 Å². The largest absolute Gasteiger partial charge is 0.480 e. The molecular formula is C15H28N2O3. The first-order chi connectivity index (χ1) is 9.58. The molecule has 0 bridgehead atoms. The van der Waals surface area contributed by atoms with Crippen LogP contribution in [0.4, 0.5) is 0 Å². The van der Waals surface area contributed by atoms with E-state index in [1.54, 1.807) is 4.90 Å². The average Bonchev–Trinajstić information content (AvgIpc) is 2.94. The lowest BCUT2D eigenvalue weighted by atomic mass is 9.96. The number of amides is 1. The van der Waals surface area contributed by atoms with E-state index < -0.39 is 5.97 Å². The molecule has 1 unspecified atom stereocenters. The normalized spacial score (nSPS) is 17.1. The third-order valence-electron chi connectivity index (χ3n) is 4.31. The molecule has 0 aromatic rings. The second-order valence-corrected chi connectivity index (χ2v) is 5.74. The van der Waals surface area contributed by atoms with Crippen LogP contribution in [0.3, 0.4) is 0 Å². The zero-order chi connectivity index (χ0) is 15.0. The topological polar surface area (TPSA) is 83.6 Å². The van der Waals surface area contributed by atoms with Crippen molar-refractivity contribution in [3.63, 3.8) is 0 Å². The molecule has 0 aliphatic heterocycles. The van der Waals surface area contributed by atoms with Gasteiger partial charge in [-0.25, -0.2) is 0 Å². The summed E-state index contributed by atoms with van der Waals surface area (Å²) in [6.07, 6.45) is 7.30. The monoisotopic (exact) mass is 284 g/mol. The van der Waals surface area contributed by atoms with Crippen LogP contribution in [0.15, 0.2) is 0 Å². The first kappa shape index (κ1) is 17.0. The molecule has 20 heavy (non-hydrogen) atoms. The molecule has 1 aliphatic rings. The SMILES string of the molecule is CCC(CCN)CCC(=O)N(CC(=O)O)C1CCCC1. The first-order valence-corrected chi connectivity index (χ1v) is 7.79. The molecule has 0 aromatic heterocycles. The van der Waals surface area contributed by atoms with E-state index in [-0.39, 0.29) is 18.5 Å². The van der Waals surface area contributed by atoms with Gasteiger partial charge in [-0.05, 0) is 38.1 Å². The maximum absolute atomic E-state index is 12.3. The van der Waals surface area contributed by atoms with Gasteiger partial charge in [0.05, 0.1) is 0 Å². The summed E-state index contributed by atoms with van der Waals surface area (Å²) in [5, 5.41) is 8.99. The molecule has 5 heteroatoms. The molecule has 116 valence electrons. The van der Waals surface area contributed by atoms with Crippen LogP contribution in [0.2, 0.25) is 0 Å². The molecule has 1 saturated carbocycles. The van der Waals surface area contributed by atoms with Gasteiger partial charge < -0.3 is 15.7 Å². The fourth-order valence-electron chi connectivity index (χ4n) is 3.04. The van der Waals surface area contributed by atoms with Crippen LogP contribution in [0.25, 0.3) is 0 Å². The van der Waals surface area contributed by atoms with E-state index in [9.17, 15) is 9.59 Å². The number of hydrogen-bond acceptors (Lipinski definition) is 3. The molecule has 1 atom stereocenters. The van der Waals surface area contributed by atoms with Crippen molar-refractivity contribution in [3.05, 3.63) is 0 Å².